The van der Waals surface area contributed by atoms with Gasteiger partial charge in [0, 0.05) is 6.04 Å². The predicted molar refractivity (Wildman–Crippen MR) is 71.3 cm³/mol. The monoisotopic (exact) mass is 252 g/mol. The first kappa shape index (κ1) is 12.6. The molecule has 0 saturated carbocycles. The summed E-state index contributed by atoms with van der Waals surface area (Å²) in [4.78, 5) is 12.1. The fourth-order valence-corrected chi connectivity index (χ4v) is 2.97. The standard InChI is InChI=1S/C13H20N2OS/c1-10(8-11-4-7-17-9-11)15-12(16)13(2)5-3-6-14-13/h4,7,9-10,14H,3,5-6,8H2,1-2H3,(H,15,16). The molecule has 1 saturated heterocycles. The number of amides is 1. The van der Waals surface area contributed by atoms with Gasteiger partial charge in [0.2, 0.25) is 5.91 Å². The Bertz CT molecular complexity index is 369. The molecule has 1 amide bonds. The molecule has 17 heavy (non-hydrogen) atoms. The van der Waals surface area contributed by atoms with Crippen molar-refractivity contribution in [2.75, 3.05) is 6.54 Å². The molecule has 94 valence electrons. The van der Waals surface area contributed by atoms with Crippen LogP contribution >= 0.6 is 11.3 Å². The molecule has 3 nitrogen and oxygen atoms in total. The summed E-state index contributed by atoms with van der Waals surface area (Å²) in [5, 5.41) is 10.6. The Hall–Kier alpha value is -0.870. The molecule has 1 aliphatic heterocycles. The zero-order valence-electron chi connectivity index (χ0n) is 10.5. The first-order valence-corrected chi connectivity index (χ1v) is 7.11. The van der Waals surface area contributed by atoms with Crippen molar-refractivity contribution in [3.63, 3.8) is 0 Å². The summed E-state index contributed by atoms with van der Waals surface area (Å²) in [7, 11) is 0. The van der Waals surface area contributed by atoms with E-state index < -0.39 is 0 Å². The highest BCUT2D eigenvalue weighted by Crippen LogP contribution is 2.19. The number of thiophene rings is 1. The van der Waals surface area contributed by atoms with Gasteiger partial charge in [0.15, 0.2) is 0 Å². The summed E-state index contributed by atoms with van der Waals surface area (Å²) in [5.74, 6) is 0.137. The summed E-state index contributed by atoms with van der Waals surface area (Å²) in [6.07, 6.45) is 2.93. The summed E-state index contributed by atoms with van der Waals surface area (Å²) in [6, 6.07) is 2.30. The average molecular weight is 252 g/mol. The largest absolute Gasteiger partial charge is 0.352 e. The molecule has 2 heterocycles. The van der Waals surface area contributed by atoms with Gasteiger partial charge in [-0.1, -0.05) is 0 Å². The van der Waals surface area contributed by atoms with Crippen molar-refractivity contribution in [1.82, 2.24) is 10.6 Å². The average Bonchev–Trinajstić information content (AvgIpc) is 2.90. The van der Waals surface area contributed by atoms with Gasteiger partial charge in [-0.2, -0.15) is 11.3 Å². The van der Waals surface area contributed by atoms with Crippen molar-refractivity contribution >= 4 is 17.2 Å². The molecule has 2 atom stereocenters. The highest BCUT2D eigenvalue weighted by molar-refractivity contribution is 7.07. The van der Waals surface area contributed by atoms with E-state index in [4.69, 9.17) is 0 Å². The van der Waals surface area contributed by atoms with Gasteiger partial charge in [-0.15, -0.1) is 0 Å². The zero-order valence-corrected chi connectivity index (χ0v) is 11.3. The Morgan fingerprint density at radius 2 is 2.53 bits per heavy atom. The van der Waals surface area contributed by atoms with E-state index in [-0.39, 0.29) is 17.5 Å². The van der Waals surface area contributed by atoms with Gasteiger partial charge < -0.3 is 10.6 Å². The van der Waals surface area contributed by atoms with Crippen LogP contribution in [-0.2, 0) is 11.2 Å². The lowest BCUT2D eigenvalue weighted by Gasteiger charge is -2.25. The molecule has 2 N–H and O–H groups in total. The maximum atomic E-state index is 12.1. The molecule has 1 aromatic heterocycles. The molecule has 0 aliphatic carbocycles. The van der Waals surface area contributed by atoms with Gasteiger partial charge in [-0.25, -0.2) is 0 Å². The third-order valence-corrected chi connectivity index (χ3v) is 4.10. The topological polar surface area (TPSA) is 41.1 Å². The van der Waals surface area contributed by atoms with Crippen molar-refractivity contribution in [1.29, 1.82) is 0 Å². The number of hydrogen-bond donors (Lipinski definition) is 2. The SMILES string of the molecule is CC(Cc1ccsc1)NC(=O)C1(C)CCCN1. The Labute approximate surface area is 107 Å². The quantitative estimate of drug-likeness (QED) is 0.860. The molecule has 4 heteroatoms. The van der Waals surface area contributed by atoms with Crippen LogP contribution < -0.4 is 10.6 Å². The Kier molecular flexibility index (Phi) is 3.84. The molecule has 2 unspecified atom stereocenters. The van der Waals surface area contributed by atoms with E-state index in [9.17, 15) is 4.79 Å². The first-order valence-electron chi connectivity index (χ1n) is 6.17. The molecular weight excluding hydrogens is 232 g/mol. The van der Waals surface area contributed by atoms with Crippen LogP contribution in [0.2, 0.25) is 0 Å². The predicted octanol–water partition coefficient (Wildman–Crippen LogP) is 1.94. The molecule has 1 aromatic rings. The molecule has 0 spiro atoms. The van der Waals surface area contributed by atoms with Crippen molar-refractivity contribution in [3.05, 3.63) is 22.4 Å². The molecule has 2 rings (SSSR count). The molecule has 0 radical (unpaired) electrons. The van der Waals surface area contributed by atoms with Crippen LogP contribution in [0.1, 0.15) is 32.3 Å². The normalized spacial score (nSPS) is 25.8. The highest BCUT2D eigenvalue weighted by atomic mass is 32.1. The minimum Gasteiger partial charge on any atom is -0.352 e. The Balaban J connectivity index is 1.86. The molecular formula is C13H20N2OS. The van der Waals surface area contributed by atoms with Crippen LogP contribution in [-0.4, -0.2) is 24.0 Å². The lowest BCUT2D eigenvalue weighted by molar-refractivity contribution is -0.127. The zero-order chi connectivity index (χ0) is 12.3. The van der Waals surface area contributed by atoms with E-state index in [0.29, 0.717) is 0 Å². The first-order chi connectivity index (χ1) is 8.10. The maximum absolute atomic E-state index is 12.1. The highest BCUT2D eigenvalue weighted by Gasteiger charge is 2.36. The number of hydrogen-bond acceptors (Lipinski definition) is 3. The second-order valence-electron chi connectivity index (χ2n) is 5.07. The maximum Gasteiger partial charge on any atom is 0.240 e. The van der Waals surface area contributed by atoms with Crippen molar-refractivity contribution in [2.24, 2.45) is 0 Å². The Morgan fingerprint density at radius 3 is 3.12 bits per heavy atom. The van der Waals surface area contributed by atoms with Crippen LogP contribution in [0.3, 0.4) is 0 Å². The molecule has 1 fully saturated rings. The van der Waals surface area contributed by atoms with Crippen LogP contribution in [0.4, 0.5) is 0 Å². The van der Waals surface area contributed by atoms with Gasteiger partial charge in [-0.05, 0) is 62.0 Å². The smallest absolute Gasteiger partial charge is 0.240 e. The van der Waals surface area contributed by atoms with Crippen LogP contribution in [0, 0.1) is 0 Å². The number of rotatable bonds is 4. The van der Waals surface area contributed by atoms with Crippen molar-refractivity contribution in [2.45, 2.75) is 44.7 Å². The van der Waals surface area contributed by atoms with Gasteiger partial charge in [0.1, 0.15) is 0 Å². The van der Waals surface area contributed by atoms with E-state index in [0.717, 1.165) is 25.8 Å². The van der Waals surface area contributed by atoms with Gasteiger partial charge in [0.25, 0.3) is 0 Å². The second-order valence-corrected chi connectivity index (χ2v) is 5.85. The van der Waals surface area contributed by atoms with Crippen LogP contribution in [0.25, 0.3) is 0 Å². The summed E-state index contributed by atoms with van der Waals surface area (Å²) in [6.45, 7) is 5.00. The van der Waals surface area contributed by atoms with Gasteiger partial charge in [0.05, 0.1) is 5.54 Å². The lowest BCUT2D eigenvalue weighted by Crippen LogP contribution is -2.53. The summed E-state index contributed by atoms with van der Waals surface area (Å²) < 4.78 is 0. The van der Waals surface area contributed by atoms with E-state index in [1.807, 2.05) is 6.92 Å². The molecule has 0 aromatic carbocycles. The summed E-state index contributed by atoms with van der Waals surface area (Å²) in [5.41, 5.74) is 0.940. The summed E-state index contributed by atoms with van der Waals surface area (Å²) >= 11 is 1.70. The minimum atomic E-state index is -0.358. The number of carbonyl (C=O) groups excluding carboxylic acids is 1. The minimum absolute atomic E-state index is 0.137. The van der Waals surface area contributed by atoms with Crippen molar-refractivity contribution < 1.29 is 4.79 Å². The molecule has 1 aliphatic rings. The van der Waals surface area contributed by atoms with E-state index in [1.54, 1.807) is 11.3 Å². The van der Waals surface area contributed by atoms with Gasteiger partial charge >= 0.3 is 0 Å². The fourth-order valence-electron chi connectivity index (χ4n) is 2.28. The third kappa shape index (κ3) is 3.07. The fraction of sp³-hybridized carbons (Fsp3) is 0.615. The van der Waals surface area contributed by atoms with Gasteiger partial charge in [-0.3, -0.25) is 4.79 Å². The van der Waals surface area contributed by atoms with Crippen molar-refractivity contribution in [3.8, 4) is 0 Å². The molecule has 0 bridgehead atoms. The van der Waals surface area contributed by atoms with E-state index >= 15 is 0 Å². The number of nitrogens with one attached hydrogen (secondary N) is 2. The van der Waals surface area contributed by atoms with E-state index in [2.05, 4.69) is 34.4 Å². The second kappa shape index (κ2) is 5.19. The van der Waals surface area contributed by atoms with E-state index in [1.165, 1.54) is 5.56 Å². The Morgan fingerprint density at radius 1 is 1.71 bits per heavy atom. The number of carbonyl (C=O) groups is 1. The lowest BCUT2D eigenvalue weighted by atomic mass is 9.98. The van der Waals surface area contributed by atoms with Crippen LogP contribution in [0.15, 0.2) is 16.8 Å². The third-order valence-electron chi connectivity index (χ3n) is 3.37. The van der Waals surface area contributed by atoms with Crippen LogP contribution in [0.5, 0.6) is 0 Å².